The number of carbonyl (C=O) groups is 2. The van der Waals surface area contributed by atoms with Crippen LogP contribution in [0.25, 0.3) is 0 Å². The molecule has 0 unspecified atom stereocenters. The molecule has 1 amide bonds. The second-order valence-electron chi connectivity index (χ2n) is 5.34. The van der Waals surface area contributed by atoms with Gasteiger partial charge in [0.2, 0.25) is 0 Å². The lowest BCUT2D eigenvalue weighted by Gasteiger charge is -2.16. The normalized spacial score (nSPS) is 18.6. The number of carbonyl (C=O) groups excluding carboxylic acids is 1. The Bertz CT molecular complexity index is 536. The van der Waals surface area contributed by atoms with Gasteiger partial charge in [0.15, 0.2) is 0 Å². The summed E-state index contributed by atoms with van der Waals surface area (Å²) >= 11 is 0. The van der Waals surface area contributed by atoms with E-state index >= 15 is 0 Å². The highest BCUT2D eigenvalue weighted by Crippen LogP contribution is 2.22. The molecule has 0 radical (unpaired) electrons. The van der Waals surface area contributed by atoms with Crippen LogP contribution in [0.2, 0.25) is 0 Å². The van der Waals surface area contributed by atoms with Gasteiger partial charge < -0.3 is 10.0 Å². The number of hydrogen-bond acceptors (Lipinski definition) is 3. The third kappa shape index (κ3) is 2.55. The van der Waals surface area contributed by atoms with Crippen LogP contribution in [0.5, 0.6) is 0 Å². The topological polar surface area (TPSA) is 75.4 Å². The van der Waals surface area contributed by atoms with Crippen LogP contribution in [-0.2, 0) is 11.3 Å². The number of nitrogens with zero attached hydrogens (tertiary/aromatic N) is 3. The van der Waals surface area contributed by atoms with Gasteiger partial charge in [0.1, 0.15) is 0 Å². The van der Waals surface area contributed by atoms with E-state index < -0.39 is 11.9 Å². The summed E-state index contributed by atoms with van der Waals surface area (Å²) in [7, 11) is 0. The summed E-state index contributed by atoms with van der Waals surface area (Å²) in [6.07, 6.45) is 1.49. The average Bonchev–Trinajstić information content (AvgIpc) is 2.96. The predicted octanol–water partition coefficient (Wildman–Crippen LogP) is 1.46. The zero-order valence-electron chi connectivity index (χ0n) is 12.2. The largest absolute Gasteiger partial charge is 0.481 e. The van der Waals surface area contributed by atoms with Crippen molar-refractivity contribution in [2.24, 2.45) is 5.92 Å². The van der Waals surface area contributed by atoms with Gasteiger partial charge in [-0.05, 0) is 26.7 Å². The van der Waals surface area contributed by atoms with Crippen molar-refractivity contribution < 1.29 is 14.7 Å². The van der Waals surface area contributed by atoms with E-state index in [2.05, 4.69) is 12.0 Å². The minimum absolute atomic E-state index is 0.0916. The first-order chi connectivity index (χ1) is 9.45. The highest BCUT2D eigenvalue weighted by Gasteiger charge is 2.33. The zero-order chi connectivity index (χ0) is 14.9. The summed E-state index contributed by atoms with van der Waals surface area (Å²) in [4.78, 5) is 25.2. The number of amides is 1. The Morgan fingerprint density at radius 3 is 2.65 bits per heavy atom. The van der Waals surface area contributed by atoms with Gasteiger partial charge in [0.05, 0.1) is 17.2 Å². The molecule has 1 aliphatic heterocycles. The molecule has 0 aliphatic carbocycles. The monoisotopic (exact) mass is 279 g/mol. The number of carboxylic acid groups (broad SMARTS) is 1. The van der Waals surface area contributed by atoms with Gasteiger partial charge >= 0.3 is 5.97 Å². The molecule has 1 aromatic rings. The Kier molecular flexibility index (Phi) is 4.11. The minimum Gasteiger partial charge on any atom is -0.481 e. The minimum atomic E-state index is -0.824. The fraction of sp³-hybridized carbons (Fsp3) is 0.643. The first kappa shape index (κ1) is 14.6. The van der Waals surface area contributed by atoms with Gasteiger partial charge in [0, 0.05) is 25.3 Å². The van der Waals surface area contributed by atoms with E-state index in [-0.39, 0.29) is 5.91 Å². The van der Waals surface area contributed by atoms with Gasteiger partial charge in [-0.2, -0.15) is 5.10 Å². The Balaban J connectivity index is 2.20. The molecule has 110 valence electrons. The molecule has 1 saturated heterocycles. The summed E-state index contributed by atoms with van der Waals surface area (Å²) in [6.45, 7) is 7.39. The molecule has 1 N–H and O–H groups in total. The average molecular weight is 279 g/mol. The van der Waals surface area contributed by atoms with E-state index in [0.717, 1.165) is 24.4 Å². The van der Waals surface area contributed by atoms with Gasteiger partial charge in [-0.15, -0.1) is 0 Å². The smallest absolute Gasteiger partial charge is 0.308 e. The van der Waals surface area contributed by atoms with E-state index in [1.165, 1.54) is 0 Å². The van der Waals surface area contributed by atoms with Crippen molar-refractivity contribution in [3.63, 3.8) is 0 Å². The van der Waals surface area contributed by atoms with Crippen molar-refractivity contribution in [2.75, 3.05) is 13.1 Å². The Labute approximate surface area is 118 Å². The molecule has 2 heterocycles. The van der Waals surface area contributed by atoms with Crippen molar-refractivity contribution in [2.45, 2.75) is 40.2 Å². The van der Waals surface area contributed by atoms with E-state index in [4.69, 9.17) is 5.11 Å². The standard InChI is InChI=1S/C14H21N3O3/c1-4-6-17-10(3)12(9(2)15-17)13(18)16-7-5-11(8-16)14(19)20/h11H,4-8H2,1-3H3,(H,19,20)/t11-/m0/s1. The quantitative estimate of drug-likeness (QED) is 0.905. The number of rotatable bonds is 4. The molecule has 0 bridgehead atoms. The highest BCUT2D eigenvalue weighted by atomic mass is 16.4. The maximum Gasteiger partial charge on any atom is 0.308 e. The SMILES string of the molecule is CCCn1nc(C)c(C(=O)N2CC[C@H](C(=O)O)C2)c1C. The fourth-order valence-corrected chi connectivity index (χ4v) is 2.74. The number of likely N-dealkylation sites (tertiary alicyclic amines) is 1. The summed E-state index contributed by atoms with van der Waals surface area (Å²) in [5.41, 5.74) is 2.22. The molecule has 1 aliphatic rings. The third-order valence-electron chi connectivity index (χ3n) is 3.86. The van der Waals surface area contributed by atoms with Crippen LogP contribution in [0, 0.1) is 19.8 Å². The zero-order valence-corrected chi connectivity index (χ0v) is 12.2. The fourth-order valence-electron chi connectivity index (χ4n) is 2.74. The van der Waals surface area contributed by atoms with Crippen molar-refractivity contribution in [1.82, 2.24) is 14.7 Å². The van der Waals surface area contributed by atoms with Crippen LogP contribution in [0.3, 0.4) is 0 Å². The summed E-state index contributed by atoms with van der Waals surface area (Å²) in [6, 6.07) is 0. The molecule has 20 heavy (non-hydrogen) atoms. The second kappa shape index (κ2) is 5.64. The molecule has 6 nitrogen and oxygen atoms in total. The highest BCUT2D eigenvalue weighted by molar-refractivity contribution is 5.97. The molecular formula is C14H21N3O3. The Morgan fingerprint density at radius 1 is 1.40 bits per heavy atom. The molecule has 0 spiro atoms. The second-order valence-corrected chi connectivity index (χ2v) is 5.34. The number of aliphatic carboxylic acids is 1. The molecule has 6 heteroatoms. The number of hydrogen-bond donors (Lipinski definition) is 1. The number of aryl methyl sites for hydroxylation is 2. The number of aromatic nitrogens is 2. The third-order valence-corrected chi connectivity index (χ3v) is 3.86. The maximum atomic E-state index is 12.6. The van der Waals surface area contributed by atoms with Gasteiger partial charge in [-0.3, -0.25) is 14.3 Å². The van der Waals surface area contributed by atoms with Crippen molar-refractivity contribution >= 4 is 11.9 Å². The van der Waals surface area contributed by atoms with Gasteiger partial charge in [-0.1, -0.05) is 6.92 Å². The number of carboxylic acids is 1. The lowest BCUT2D eigenvalue weighted by atomic mass is 10.1. The predicted molar refractivity (Wildman–Crippen MR) is 73.6 cm³/mol. The van der Waals surface area contributed by atoms with E-state index in [1.807, 2.05) is 18.5 Å². The summed E-state index contributed by atoms with van der Waals surface area (Å²) < 4.78 is 1.85. The van der Waals surface area contributed by atoms with Crippen molar-refractivity contribution in [3.8, 4) is 0 Å². The van der Waals surface area contributed by atoms with E-state index in [9.17, 15) is 9.59 Å². The van der Waals surface area contributed by atoms with Gasteiger partial charge in [0.25, 0.3) is 5.91 Å². The van der Waals surface area contributed by atoms with E-state index in [1.54, 1.807) is 4.90 Å². The van der Waals surface area contributed by atoms with Gasteiger partial charge in [-0.25, -0.2) is 0 Å². The van der Waals surface area contributed by atoms with Crippen LogP contribution in [0.1, 0.15) is 41.5 Å². The molecule has 2 rings (SSSR count). The van der Waals surface area contributed by atoms with Crippen LogP contribution >= 0.6 is 0 Å². The van der Waals surface area contributed by atoms with Crippen molar-refractivity contribution in [1.29, 1.82) is 0 Å². The Morgan fingerprint density at radius 2 is 2.10 bits per heavy atom. The first-order valence-electron chi connectivity index (χ1n) is 7.01. The van der Waals surface area contributed by atoms with Crippen molar-refractivity contribution in [3.05, 3.63) is 17.0 Å². The van der Waals surface area contributed by atoms with Crippen LogP contribution in [0.4, 0.5) is 0 Å². The first-order valence-corrected chi connectivity index (χ1v) is 7.01. The molecule has 1 fully saturated rings. The van der Waals surface area contributed by atoms with Crippen LogP contribution < -0.4 is 0 Å². The molecule has 1 aromatic heterocycles. The van der Waals surface area contributed by atoms with E-state index in [0.29, 0.717) is 25.1 Å². The molecule has 0 saturated carbocycles. The maximum absolute atomic E-state index is 12.6. The summed E-state index contributed by atoms with van der Waals surface area (Å²) in [5, 5.41) is 13.4. The molecule has 0 aromatic carbocycles. The lowest BCUT2D eigenvalue weighted by Crippen LogP contribution is -2.30. The van der Waals surface area contributed by atoms with Crippen LogP contribution in [-0.4, -0.2) is 44.8 Å². The molecular weight excluding hydrogens is 258 g/mol. The lowest BCUT2D eigenvalue weighted by molar-refractivity contribution is -0.141. The molecule has 1 atom stereocenters. The summed E-state index contributed by atoms with van der Waals surface area (Å²) in [5.74, 6) is -1.35. The van der Waals surface area contributed by atoms with Crippen LogP contribution in [0.15, 0.2) is 0 Å². The Hall–Kier alpha value is -1.85.